The summed E-state index contributed by atoms with van der Waals surface area (Å²) in [6.45, 7) is 2.02. The zero-order chi connectivity index (χ0) is 7.49. The molecular formula is C5H7Br3O. The molecule has 0 atom stereocenters. The number of alkyl halides is 2. The van der Waals surface area contributed by atoms with Crippen LogP contribution in [0.25, 0.3) is 0 Å². The van der Waals surface area contributed by atoms with Crippen molar-refractivity contribution in [2.45, 2.75) is 23.0 Å². The lowest BCUT2D eigenvalue weighted by Crippen LogP contribution is -2.18. The van der Waals surface area contributed by atoms with Crippen LogP contribution in [-0.4, -0.2) is 7.93 Å². The maximum Gasteiger partial charge on any atom is 0.225 e. The standard InChI is InChI=1S/C5H7Br3O/c1-2-3-5(7,8)4(6)9/h2-3H2,1H3. The van der Waals surface area contributed by atoms with Crippen LogP contribution in [-0.2, 0) is 4.79 Å². The zero-order valence-electron chi connectivity index (χ0n) is 4.96. The average Bonchev–Trinajstić information content (AvgIpc) is 1.65. The first-order valence-corrected chi connectivity index (χ1v) is 4.96. The fraction of sp³-hybridized carbons (Fsp3) is 0.800. The summed E-state index contributed by atoms with van der Waals surface area (Å²) >= 11 is 9.32. The molecule has 0 unspecified atom stereocenters. The molecule has 0 saturated carbocycles. The van der Waals surface area contributed by atoms with Gasteiger partial charge in [-0.3, -0.25) is 4.79 Å². The molecule has 0 N–H and O–H groups in total. The summed E-state index contributed by atoms with van der Waals surface area (Å²) in [4.78, 5) is 10.7. The lowest BCUT2D eigenvalue weighted by atomic mass is 10.3. The third kappa shape index (κ3) is 3.73. The maximum atomic E-state index is 10.7. The smallest absolute Gasteiger partial charge is 0.225 e. The zero-order valence-corrected chi connectivity index (χ0v) is 9.71. The molecular weight excluding hydrogens is 316 g/mol. The van der Waals surface area contributed by atoms with Gasteiger partial charge in [0.25, 0.3) is 0 Å². The van der Waals surface area contributed by atoms with E-state index in [-0.39, 0.29) is 4.69 Å². The van der Waals surface area contributed by atoms with Gasteiger partial charge in [0.15, 0.2) is 0 Å². The fourth-order valence-electron chi connectivity index (χ4n) is 0.412. The van der Waals surface area contributed by atoms with Crippen molar-refractivity contribution in [2.24, 2.45) is 0 Å². The number of hydrogen-bond donors (Lipinski definition) is 0. The number of halogens is 3. The molecule has 0 aliphatic heterocycles. The van der Waals surface area contributed by atoms with E-state index in [9.17, 15) is 4.79 Å². The summed E-state index contributed by atoms with van der Waals surface area (Å²) in [5.41, 5.74) is 0. The molecule has 0 aromatic carbocycles. The lowest BCUT2D eigenvalue weighted by Gasteiger charge is -2.12. The van der Waals surface area contributed by atoms with Crippen LogP contribution < -0.4 is 0 Å². The van der Waals surface area contributed by atoms with Crippen molar-refractivity contribution in [3.8, 4) is 0 Å². The monoisotopic (exact) mass is 320 g/mol. The van der Waals surface area contributed by atoms with Crippen molar-refractivity contribution in [1.82, 2.24) is 0 Å². The molecule has 0 aliphatic rings. The Morgan fingerprint density at radius 3 is 2.11 bits per heavy atom. The highest BCUT2D eigenvalue weighted by Gasteiger charge is 2.28. The highest BCUT2D eigenvalue weighted by atomic mass is 79.9. The summed E-state index contributed by atoms with van der Waals surface area (Å²) in [6, 6.07) is 0. The third-order valence-corrected chi connectivity index (χ3v) is 4.11. The first kappa shape index (κ1) is 10.1. The molecule has 0 saturated heterocycles. The molecule has 9 heavy (non-hydrogen) atoms. The Kier molecular flexibility index (Phi) is 4.59. The van der Waals surface area contributed by atoms with Crippen molar-refractivity contribution in [3.63, 3.8) is 0 Å². The summed E-state index contributed by atoms with van der Waals surface area (Å²) in [6.07, 6.45) is 1.75. The molecule has 0 aromatic heterocycles. The SMILES string of the molecule is CCCC(Br)(Br)C(=O)Br. The van der Waals surface area contributed by atoms with E-state index in [2.05, 4.69) is 47.8 Å². The number of carbonyl (C=O) groups excluding carboxylic acids is 1. The van der Waals surface area contributed by atoms with Crippen molar-refractivity contribution < 1.29 is 4.79 Å². The van der Waals surface area contributed by atoms with Gasteiger partial charge in [0.1, 0.15) is 3.23 Å². The topological polar surface area (TPSA) is 17.1 Å². The summed E-state index contributed by atoms with van der Waals surface area (Å²) in [5.74, 6) is 0. The minimum absolute atomic E-state index is 0.0585. The Balaban J connectivity index is 3.85. The fourth-order valence-corrected chi connectivity index (χ4v) is 1.40. The quantitative estimate of drug-likeness (QED) is 0.576. The van der Waals surface area contributed by atoms with E-state index in [1.807, 2.05) is 6.92 Å². The molecule has 0 amide bonds. The lowest BCUT2D eigenvalue weighted by molar-refractivity contribution is -0.110. The van der Waals surface area contributed by atoms with E-state index < -0.39 is 3.23 Å². The van der Waals surface area contributed by atoms with E-state index in [1.54, 1.807) is 0 Å². The van der Waals surface area contributed by atoms with Crippen LogP contribution in [0.4, 0.5) is 0 Å². The Bertz CT molecular complexity index is 111. The Labute approximate surface area is 80.0 Å². The summed E-state index contributed by atoms with van der Waals surface area (Å²) in [7, 11) is 0. The van der Waals surface area contributed by atoms with Crippen LogP contribution in [0.1, 0.15) is 19.8 Å². The average molecular weight is 323 g/mol. The van der Waals surface area contributed by atoms with Crippen LogP contribution in [0.15, 0.2) is 0 Å². The van der Waals surface area contributed by atoms with Gasteiger partial charge < -0.3 is 0 Å². The molecule has 0 heterocycles. The van der Waals surface area contributed by atoms with Gasteiger partial charge in [-0.2, -0.15) is 0 Å². The Morgan fingerprint density at radius 2 is 2.00 bits per heavy atom. The highest BCUT2D eigenvalue weighted by molar-refractivity contribution is 9.28. The van der Waals surface area contributed by atoms with Gasteiger partial charge in [0.2, 0.25) is 4.69 Å². The van der Waals surface area contributed by atoms with Crippen molar-refractivity contribution in [3.05, 3.63) is 0 Å². The molecule has 0 aromatic rings. The van der Waals surface area contributed by atoms with Gasteiger partial charge in [-0.1, -0.05) is 45.2 Å². The van der Waals surface area contributed by atoms with Gasteiger partial charge in [-0.05, 0) is 22.4 Å². The molecule has 54 valence electrons. The second kappa shape index (κ2) is 4.09. The van der Waals surface area contributed by atoms with E-state index in [4.69, 9.17) is 0 Å². The molecule has 4 heteroatoms. The van der Waals surface area contributed by atoms with E-state index in [0.29, 0.717) is 0 Å². The maximum absolute atomic E-state index is 10.7. The second-order valence-electron chi connectivity index (χ2n) is 1.73. The predicted molar refractivity (Wildman–Crippen MR) is 49.4 cm³/mol. The second-order valence-corrected chi connectivity index (χ2v) is 6.22. The molecule has 1 nitrogen and oxygen atoms in total. The minimum Gasteiger partial charge on any atom is -0.284 e. The van der Waals surface area contributed by atoms with Gasteiger partial charge >= 0.3 is 0 Å². The van der Waals surface area contributed by atoms with Crippen LogP contribution in [0.2, 0.25) is 0 Å². The largest absolute Gasteiger partial charge is 0.284 e. The third-order valence-electron chi connectivity index (χ3n) is 0.852. The molecule has 0 rings (SSSR count). The van der Waals surface area contributed by atoms with Crippen molar-refractivity contribution in [1.29, 1.82) is 0 Å². The molecule has 0 aliphatic carbocycles. The van der Waals surface area contributed by atoms with Crippen molar-refractivity contribution in [2.75, 3.05) is 0 Å². The first-order chi connectivity index (χ1) is 4.00. The van der Waals surface area contributed by atoms with Crippen LogP contribution >= 0.6 is 47.8 Å². The first-order valence-electron chi connectivity index (χ1n) is 2.58. The van der Waals surface area contributed by atoms with Gasteiger partial charge in [-0.15, -0.1) is 0 Å². The molecule has 0 fully saturated rings. The highest BCUT2D eigenvalue weighted by Crippen LogP contribution is 2.34. The van der Waals surface area contributed by atoms with Gasteiger partial charge in [-0.25, -0.2) is 0 Å². The normalized spacial score (nSPS) is 11.6. The Morgan fingerprint density at radius 1 is 1.56 bits per heavy atom. The Hall–Kier alpha value is 1.11. The number of carbonyl (C=O) groups is 1. The summed E-state index contributed by atoms with van der Waals surface area (Å²) in [5, 5.41) is 0. The van der Waals surface area contributed by atoms with Crippen molar-refractivity contribution >= 4 is 52.5 Å². The van der Waals surface area contributed by atoms with Crippen LogP contribution in [0, 0.1) is 0 Å². The van der Waals surface area contributed by atoms with Crippen LogP contribution in [0.5, 0.6) is 0 Å². The van der Waals surface area contributed by atoms with E-state index in [0.717, 1.165) is 12.8 Å². The van der Waals surface area contributed by atoms with Gasteiger partial charge in [0.05, 0.1) is 0 Å². The van der Waals surface area contributed by atoms with Crippen LogP contribution in [0.3, 0.4) is 0 Å². The molecule has 0 spiro atoms. The van der Waals surface area contributed by atoms with E-state index >= 15 is 0 Å². The predicted octanol–water partition coefficient (Wildman–Crippen LogP) is 3.19. The van der Waals surface area contributed by atoms with E-state index in [1.165, 1.54) is 0 Å². The molecule has 0 bridgehead atoms. The number of hydrogen-bond acceptors (Lipinski definition) is 1. The number of rotatable bonds is 3. The van der Waals surface area contributed by atoms with Gasteiger partial charge in [0, 0.05) is 0 Å². The molecule has 0 radical (unpaired) electrons. The summed E-state index contributed by atoms with van der Waals surface area (Å²) < 4.78 is -0.605. The minimum atomic E-state index is -0.547.